The molecule has 2 heterocycles. The van der Waals surface area contributed by atoms with Gasteiger partial charge < -0.3 is 14.9 Å². The summed E-state index contributed by atoms with van der Waals surface area (Å²) >= 11 is 0. The van der Waals surface area contributed by atoms with Gasteiger partial charge in [0.1, 0.15) is 28.5 Å². The van der Waals surface area contributed by atoms with E-state index in [1.807, 2.05) is 56.3 Å². The number of ether oxygens (including phenoxy) is 1. The van der Waals surface area contributed by atoms with Crippen LogP contribution >= 0.6 is 0 Å². The summed E-state index contributed by atoms with van der Waals surface area (Å²) < 4.78 is 6.10. The van der Waals surface area contributed by atoms with Crippen molar-refractivity contribution in [3.8, 4) is 23.0 Å². The molecular weight excluding hydrogens is 390 g/mol. The van der Waals surface area contributed by atoms with Crippen molar-refractivity contribution in [2.75, 3.05) is 0 Å². The topological polar surface area (TPSA) is 70.0 Å². The number of rotatable bonds is 2. The lowest BCUT2D eigenvalue weighted by Gasteiger charge is -2.44. The normalized spacial score (nSPS) is 16.3. The second-order valence-corrected chi connectivity index (χ2v) is 7.57. The molecule has 3 aromatic rings. The van der Waals surface area contributed by atoms with Crippen molar-refractivity contribution in [3.63, 3.8) is 0 Å². The number of nitrogens with zero attached hydrogens (tertiary/aromatic N) is 1. The van der Waals surface area contributed by atoms with Crippen LogP contribution in [0.15, 0.2) is 84.6 Å². The van der Waals surface area contributed by atoms with E-state index in [-0.39, 0.29) is 17.4 Å². The minimum atomic E-state index is -1.01. The largest absolute Gasteiger partial charge is 0.508 e. The second kappa shape index (κ2) is 6.77. The van der Waals surface area contributed by atoms with Crippen LogP contribution in [0, 0.1) is 0 Å². The van der Waals surface area contributed by atoms with Crippen LogP contribution < -0.4 is 4.74 Å². The number of phenols is 2. The highest BCUT2D eigenvalue weighted by Crippen LogP contribution is 2.59. The van der Waals surface area contributed by atoms with Crippen molar-refractivity contribution in [1.82, 2.24) is 4.90 Å². The Balaban J connectivity index is 1.97. The first-order valence-corrected chi connectivity index (χ1v) is 10.1. The van der Waals surface area contributed by atoms with Crippen molar-refractivity contribution in [1.29, 1.82) is 0 Å². The van der Waals surface area contributed by atoms with Crippen molar-refractivity contribution in [3.05, 3.63) is 107 Å². The van der Waals surface area contributed by atoms with Crippen LogP contribution in [0.3, 0.4) is 0 Å². The van der Waals surface area contributed by atoms with Gasteiger partial charge in [-0.3, -0.25) is 9.69 Å². The standard InChI is InChI=1S/C26H21NO4/c1-3-7-16(4-2)27-25(30)19-8-5-6-9-20(19)26(27)21-12-10-17(28)14-23(21)31-24-15-18(29)11-13-22(24)26/h3-15,28-29H,1-2H3/b7-3-,16-4+. The van der Waals surface area contributed by atoms with Gasteiger partial charge in [-0.05, 0) is 50.3 Å². The molecule has 1 amide bonds. The number of phenolic OH excluding ortho intramolecular Hbond substituents is 2. The molecule has 0 radical (unpaired) electrons. The molecule has 0 bridgehead atoms. The van der Waals surface area contributed by atoms with Crippen molar-refractivity contribution in [2.24, 2.45) is 0 Å². The van der Waals surface area contributed by atoms with E-state index in [2.05, 4.69) is 0 Å². The molecule has 0 saturated carbocycles. The highest BCUT2D eigenvalue weighted by Gasteiger charge is 2.57. The van der Waals surface area contributed by atoms with E-state index >= 15 is 0 Å². The number of hydrogen-bond acceptors (Lipinski definition) is 4. The molecule has 2 aliphatic rings. The maximum atomic E-state index is 13.8. The summed E-state index contributed by atoms with van der Waals surface area (Å²) in [6.07, 6.45) is 5.70. The molecule has 31 heavy (non-hydrogen) atoms. The Hall–Kier alpha value is -3.99. The van der Waals surface area contributed by atoms with Gasteiger partial charge in [-0.1, -0.05) is 30.4 Å². The fraction of sp³-hybridized carbons (Fsp3) is 0.115. The summed E-state index contributed by atoms with van der Waals surface area (Å²) in [4.78, 5) is 15.6. The summed E-state index contributed by atoms with van der Waals surface area (Å²) in [5, 5.41) is 20.3. The first-order valence-electron chi connectivity index (χ1n) is 10.1. The Bertz CT molecular complexity index is 1240. The van der Waals surface area contributed by atoms with Gasteiger partial charge in [0.05, 0.1) is 0 Å². The number of aromatic hydroxyl groups is 2. The molecule has 0 aromatic heterocycles. The van der Waals surface area contributed by atoms with E-state index in [1.54, 1.807) is 41.3 Å². The lowest BCUT2D eigenvalue weighted by atomic mass is 9.74. The smallest absolute Gasteiger partial charge is 0.259 e. The number of amides is 1. The SMILES string of the molecule is C/C=C\C(=C/C)N1C(=O)c2ccccc2C12c1ccc(O)cc1Oc1cc(O)ccc12. The Kier molecular flexibility index (Phi) is 4.15. The molecule has 0 unspecified atom stereocenters. The molecule has 5 nitrogen and oxygen atoms in total. The highest BCUT2D eigenvalue weighted by atomic mass is 16.5. The number of fused-ring (bicyclic) bond motifs is 6. The van der Waals surface area contributed by atoms with Crippen LogP contribution in [0.5, 0.6) is 23.0 Å². The van der Waals surface area contributed by atoms with E-state index in [9.17, 15) is 15.0 Å². The van der Waals surface area contributed by atoms with Gasteiger partial charge in [0.15, 0.2) is 0 Å². The quantitative estimate of drug-likeness (QED) is 0.552. The molecule has 3 aromatic carbocycles. The van der Waals surface area contributed by atoms with Gasteiger partial charge in [0, 0.05) is 40.1 Å². The van der Waals surface area contributed by atoms with Crippen LogP contribution in [0.1, 0.15) is 40.9 Å². The molecule has 2 N–H and O–H groups in total. The molecule has 154 valence electrons. The predicted molar refractivity (Wildman–Crippen MR) is 117 cm³/mol. The molecule has 0 atom stereocenters. The third kappa shape index (κ3) is 2.46. The minimum Gasteiger partial charge on any atom is -0.508 e. The zero-order chi connectivity index (χ0) is 21.8. The third-order valence-electron chi connectivity index (χ3n) is 5.91. The number of hydrogen-bond donors (Lipinski definition) is 2. The first kappa shape index (κ1) is 19.0. The van der Waals surface area contributed by atoms with Crippen LogP contribution in [-0.4, -0.2) is 21.0 Å². The van der Waals surface area contributed by atoms with Crippen molar-refractivity contribution < 1.29 is 19.7 Å². The van der Waals surface area contributed by atoms with E-state index in [1.165, 1.54) is 0 Å². The Morgan fingerprint density at radius 2 is 1.52 bits per heavy atom. The molecule has 5 heteroatoms. The summed E-state index contributed by atoms with van der Waals surface area (Å²) in [7, 11) is 0. The van der Waals surface area contributed by atoms with E-state index in [4.69, 9.17) is 4.74 Å². The summed E-state index contributed by atoms with van der Waals surface area (Å²) in [6, 6.07) is 17.4. The van der Waals surface area contributed by atoms with Gasteiger partial charge in [0.25, 0.3) is 5.91 Å². The Morgan fingerprint density at radius 3 is 2.10 bits per heavy atom. The van der Waals surface area contributed by atoms with Crippen LogP contribution in [0.2, 0.25) is 0 Å². The predicted octanol–water partition coefficient (Wildman–Crippen LogP) is 5.43. The lowest BCUT2D eigenvalue weighted by Crippen LogP contribution is -2.46. The van der Waals surface area contributed by atoms with Crippen molar-refractivity contribution >= 4 is 5.91 Å². The van der Waals surface area contributed by atoms with Gasteiger partial charge in [-0.2, -0.15) is 0 Å². The summed E-state index contributed by atoms with van der Waals surface area (Å²) in [5.74, 6) is 0.858. The number of carbonyl (C=O) groups is 1. The fourth-order valence-corrected chi connectivity index (χ4v) is 4.74. The Morgan fingerprint density at radius 1 is 0.903 bits per heavy atom. The molecule has 2 aliphatic heterocycles. The highest BCUT2D eigenvalue weighted by molar-refractivity contribution is 6.03. The number of benzene rings is 3. The Labute approximate surface area is 180 Å². The second-order valence-electron chi connectivity index (χ2n) is 7.57. The third-order valence-corrected chi connectivity index (χ3v) is 5.91. The fourth-order valence-electron chi connectivity index (χ4n) is 4.74. The number of carbonyl (C=O) groups excluding carboxylic acids is 1. The average Bonchev–Trinajstić information content (AvgIpc) is 3.01. The summed E-state index contributed by atoms with van der Waals surface area (Å²) in [5.41, 5.74) is 2.64. The van der Waals surface area contributed by atoms with Crippen LogP contribution in [0.25, 0.3) is 0 Å². The summed E-state index contributed by atoms with van der Waals surface area (Å²) in [6.45, 7) is 3.81. The van der Waals surface area contributed by atoms with Gasteiger partial charge in [-0.25, -0.2) is 0 Å². The zero-order valence-electron chi connectivity index (χ0n) is 17.2. The van der Waals surface area contributed by atoms with E-state index in [0.717, 1.165) is 22.4 Å². The van der Waals surface area contributed by atoms with E-state index < -0.39 is 5.54 Å². The molecule has 0 aliphatic carbocycles. The molecule has 5 rings (SSSR count). The van der Waals surface area contributed by atoms with Gasteiger partial charge in [0.2, 0.25) is 0 Å². The molecule has 1 spiro atoms. The zero-order valence-corrected chi connectivity index (χ0v) is 17.2. The van der Waals surface area contributed by atoms with Crippen LogP contribution in [0.4, 0.5) is 0 Å². The van der Waals surface area contributed by atoms with Crippen molar-refractivity contribution in [2.45, 2.75) is 19.4 Å². The van der Waals surface area contributed by atoms with Crippen LogP contribution in [-0.2, 0) is 5.54 Å². The lowest BCUT2D eigenvalue weighted by molar-refractivity contribution is 0.0750. The van der Waals surface area contributed by atoms with E-state index in [0.29, 0.717) is 17.1 Å². The van der Waals surface area contributed by atoms with Gasteiger partial charge >= 0.3 is 0 Å². The molecule has 0 saturated heterocycles. The first-order chi connectivity index (χ1) is 15.0. The monoisotopic (exact) mass is 411 g/mol. The molecule has 0 fully saturated rings. The number of allylic oxidation sites excluding steroid dienone is 3. The van der Waals surface area contributed by atoms with Gasteiger partial charge in [-0.15, -0.1) is 0 Å². The molecular formula is C26H21NO4. The minimum absolute atomic E-state index is 0.0568. The maximum Gasteiger partial charge on any atom is 0.259 e. The maximum absolute atomic E-state index is 13.8. The average molecular weight is 411 g/mol.